The van der Waals surface area contributed by atoms with Gasteiger partial charge in [0.25, 0.3) is 5.91 Å². The maximum Gasteiger partial charge on any atom is 0.291 e. The van der Waals surface area contributed by atoms with Crippen molar-refractivity contribution < 1.29 is 4.79 Å². The number of likely N-dealkylation sites (tertiary alicyclic amines) is 1. The lowest BCUT2D eigenvalue weighted by atomic mass is 9.89. The number of nitrogens with zero attached hydrogens (tertiary/aromatic N) is 4. The fraction of sp³-hybridized carbons (Fsp3) is 0.294. The van der Waals surface area contributed by atoms with Crippen LogP contribution in [0.3, 0.4) is 0 Å². The van der Waals surface area contributed by atoms with Crippen LogP contribution in [0.1, 0.15) is 34.9 Å². The number of halogens is 1. The van der Waals surface area contributed by atoms with E-state index in [0.717, 1.165) is 36.1 Å². The summed E-state index contributed by atoms with van der Waals surface area (Å²) < 4.78 is 0.769. The lowest BCUT2D eigenvalue weighted by Crippen LogP contribution is -2.38. The Morgan fingerprint density at radius 1 is 1.21 bits per heavy atom. The number of fused-ring (bicyclic) bond motifs is 1. The van der Waals surface area contributed by atoms with Crippen molar-refractivity contribution in [3.63, 3.8) is 0 Å². The van der Waals surface area contributed by atoms with Crippen LogP contribution in [0.2, 0.25) is 0 Å². The lowest BCUT2D eigenvalue weighted by molar-refractivity contribution is 0.0700. The third-order valence-electron chi connectivity index (χ3n) is 4.52. The Hall–Kier alpha value is -2.28. The van der Waals surface area contributed by atoms with Gasteiger partial charge in [-0.05, 0) is 52.4 Å². The predicted octanol–water partition coefficient (Wildman–Crippen LogP) is 3.14. The van der Waals surface area contributed by atoms with Crippen LogP contribution in [0.5, 0.6) is 0 Å². The molecule has 1 aliphatic heterocycles. The highest BCUT2D eigenvalue weighted by Crippen LogP contribution is 2.32. The van der Waals surface area contributed by atoms with Gasteiger partial charge in [-0.2, -0.15) is 0 Å². The normalized spacial score (nSPS) is 15.8. The van der Waals surface area contributed by atoms with Crippen molar-refractivity contribution >= 4 is 32.9 Å². The first-order chi connectivity index (χ1) is 11.7. The molecule has 0 bridgehead atoms. The fourth-order valence-corrected chi connectivity index (χ4v) is 3.48. The number of amides is 1. The maximum atomic E-state index is 12.5. The molecule has 122 valence electrons. The van der Waals surface area contributed by atoms with Gasteiger partial charge in [0.1, 0.15) is 5.65 Å². The zero-order chi connectivity index (χ0) is 16.5. The smallest absolute Gasteiger partial charge is 0.291 e. The van der Waals surface area contributed by atoms with Gasteiger partial charge in [-0.15, -0.1) is 0 Å². The molecule has 0 saturated carbocycles. The second-order valence-corrected chi connectivity index (χ2v) is 6.85. The van der Waals surface area contributed by atoms with Crippen molar-refractivity contribution in [1.29, 1.82) is 0 Å². The van der Waals surface area contributed by atoms with Gasteiger partial charge in [-0.3, -0.25) is 4.79 Å². The molecule has 0 aromatic carbocycles. The number of pyridine rings is 1. The zero-order valence-electron chi connectivity index (χ0n) is 12.9. The monoisotopic (exact) mass is 385 g/mol. The van der Waals surface area contributed by atoms with Crippen LogP contribution in [0.25, 0.3) is 11.0 Å². The van der Waals surface area contributed by atoms with E-state index in [1.807, 2.05) is 11.0 Å². The molecule has 0 radical (unpaired) electrons. The first-order valence-electron chi connectivity index (χ1n) is 7.91. The quantitative estimate of drug-likeness (QED) is 0.735. The number of piperidine rings is 1. The average molecular weight is 386 g/mol. The number of rotatable bonds is 2. The summed E-state index contributed by atoms with van der Waals surface area (Å²) >= 11 is 3.28. The molecule has 1 saturated heterocycles. The number of carbonyl (C=O) groups excluding carboxylic acids is 1. The molecule has 24 heavy (non-hydrogen) atoms. The van der Waals surface area contributed by atoms with Crippen molar-refractivity contribution in [3.8, 4) is 0 Å². The third kappa shape index (κ3) is 2.80. The highest BCUT2D eigenvalue weighted by atomic mass is 79.9. The molecular weight excluding hydrogens is 370 g/mol. The molecule has 6 nitrogen and oxygen atoms in total. The molecule has 1 aliphatic rings. The van der Waals surface area contributed by atoms with Gasteiger partial charge in [0, 0.05) is 43.3 Å². The summed E-state index contributed by atoms with van der Waals surface area (Å²) in [5.41, 5.74) is 2.22. The SMILES string of the molecule is O=C(c1ncc(Br)cn1)N1CCC(c2c[nH]c3ncccc23)CC1. The predicted molar refractivity (Wildman–Crippen MR) is 93.7 cm³/mol. The number of hydrogen-bond acceptors (Lipinski definition) is 4. The van der Waals surface area contributed by atoms with Crippen LogP contribution in [0.15, 0.2) is 41.4 Å². The van der Waals surface area contributed by atoms with Gasteiger partial charge in [-0.1, -0.05) is 0 Å². The standard InChI is InChI=1S/C17H16BrN5O/c18-12-8-20-16(21-9-12)17(24)23-6-3-11(4-7-23)14-10-22-15-13(14)2-1-5-19-15/h1-2,5,8-11H,3-4,6-7H2,(H,19,22). The van der Waals surface area contributed by atoms with E-state index in [0.29, 0.717) is 5.92 Å². The topological polar surface area (TPSA) is 74.8 Å². The molecule has 0 aliphatic carbocycles. The van der Waals surface area contributed by atoms with Crippen LogP contribution in [0, 0.1) is 0 Å². The lowest BCUT2D eigenvalue weighted by Gasteiger charge is -2.31. The maximum absolute atomic E-state index is 12.5. The highest BCUT2D eigenvalue weighted by molar-refractivity contribution is 9.10. The van der Waals surface area contributed by atoms with Crippen molar-refractivity contribution in [3.05, 3.63) is 52.8 Å². The fourth-order valence-electron chi connectivity index (χ4n) is 3.27. The number of carbonyl (C=O) groups is 1. The summed E-state index contributed by atoms with van der Waals surface area (Å²) in [6.07, 6.45) is 8.92. The summed E-state index contributed by atoms with van der Waals surface area (Å²) in [6, 6.07) is 4.06. The molecule has 3 aromatic heterocycles. The van der Waals surface area contributed by atoms with Crippen molar-refractivity contribution in [2.45, 2.75) is 18.8 Å². The number of aromatic nitrogens is 4. The Kier molecular flexibility index (Phi) is 4.02. The molecule has 3 aromatic rings. The number of nitrogens with one attached hydrogen (secondary N) is 1. The van der Waals surface area contributed by atoms with Crippen molar-refractivity contribution in [2.24, 2.45) is 0 Å². The van der Waals surface area contributed by atoms with Crippen LogP contribution in [-0.4, -0.2) is 43.8 Å². The Morgan fingerprint density at radius 3 is 2.71 bits per heavy atom. The highest BCUT2D eigenvalue weighted by Gasteiger charge is 2.27. The zero-order valence-corrected chi connectivity index (χ0v) is 14.5. The second kappa shape index (κ2) is 6.32. The Bertz CT molecular complexity index is 868. The summed E-state index contributed by atoms with van der Waals surface area (Å²) in [5, 5.41) is 1.18. The Labute approximate surface area is 147 Å². The molecule has 1 N–H and O–H groups in total. The van der Waals surface area contributed by atoms with E-state index in [9.17, 15) is 4.79 Å². The third-order valence-corrected chi connectivity index (χ3v) is 4.93. The average Bonchev–Trinajstić information content (AvgIpc) is 3.06. The molecule has 4 rings (SSSR count). The van der Waals surface area contributed by atoms with E-state index < -0.39 is 0 Å². The van der Waals surface area contributed by atoms with E-state index in [2.05, 4.69) is 48.1 Å². The van der Waals surface area contributed by atoms with Crippen LogP contribution < -0.4 is 0 Å². The second-order valence-electron chi connectivity index (χ2n) is 5.93. The Balaban J connectivity index is 1.47. The minimum Gasteiger partial charge on any atom is -0.346 e. The van der Waals surface area contributed by atoms with Crippen LogP contribution >= 0.6 is 15.9 Å². The minimum absolute atomic E-state index is 0.0958. The molecule has 0 spiro atoms. The number of H-pyrrole nitrogens is 1. The molecule has 1 fully saturated rings. The van der Waals surface area contributed by atoms with Crippen molar-refractivity contribution in [2.75, 3.05) is 13.1 Å². The minimum atomic E-state index is -0.0958. The number of hydrogen-bond donors (Lipinski definition) is 1. The molecular formula is C17H16BrN5O. The van der Waals surface area contributed by atoms with E-state index in [1.54, 1.807) is 18.6 Å². The summed E-state index contributed by atoms with van der Waals surface area (Å²) in [5.74, 6) is 0.604. The van der Waals surface area contributed by atoms with Gasteiger partial charge in [0.05, 0.1) is 4.47 Å². The van der Waals surface area contributed by atoms with Gasteiger partial charge in [0.15, 0.2) is 0 Å². The van der Waals surface area contributed by atoms with E-state index in [4.69, 9.17) is 0 Å². The summed E-state index contributed by atoms with van der Waals surface area (Å²) in [4.78, 5) is 30.1. The molecule has 7 heteroatoms. The van der Waals surface area contributed by atoms with Crippen LogP contribution in [-0.2, 0) is 0 Å². The van der Waals surface area contributed by atoms with E-state index >= 15 is 0 Å². The summed E-state index contributed by atoms with van der Waals surface area (Å²) in [6.45, 7) is 1.44. The molecule has 0 atom stereocenters. The van der Waals surface area contributed by atoms with E-state index in [-0.39, 0.29) is 11.7 Å². The molecule has 1 amide bonds. The van der Waals surface area contributed by atoms with Gasteiger partial charge >= 0.3 is 0 Å². The Morgan fingerprint density at radius 2 is 1.96 bits per heavy atom. The first-order valence-corrected chi connectivity index (χ1v) is 8.70. The van der Waals surface area contributed by atoms with E-state index in [1.165, 1.54) is 10.9 Å². The largest absolute Gasteiger partial charge is 0.346 e. The summed E-state index contributed by atoms with van der Waals surface area (Å²) in [7, 11) is 0. The van der Waals surface area contributed by atoms with Crippen LogP contribution in [0.4, 0.5) is 0 Å². The number of aromatic amines is 1. The molecule has 0 unspecified atom stereocenters. The van der Waals surface area contributed by atoms with Gasteiger partial charge < -0.3 is 9.88 Å². The van der Waals surface area contributed by atoms with Gasteiger partial charge in [-0.25, -0.2) is 15.0 Å². The van der Waals surface area contributed by atoms with Crippen molar-refractivity contribution in [1.82, 2.24) is 24.8 Å². The first kappa shape index (κ1) is 15.3. The van der Waals surface area contributed by atoms with Gasteiger partial charge in [0.2, 0.25) is 5.82 Å². The molecule has 4 heterocycles.